The Morgan fingerprint density at radius 2 is 2.05 bits per heavy atom. The molecule has 0 saturated carbocycles. The van der Waals surface area contributed by atoms with Crippen LogP contribution in [0.3, 0.4) is 0 Å². The van der Waals surface area contributed by atoms with Gasteiger partial charge in [0.1, 0.15) is 6.29 Å². The summed E-state index contributed by atoms with van der Waals surface area (Å²) in [4.78, 5) is 14.3. The Kier molecular flexibility index (Phi) is 3.40. The molecule has 0 atom stereocenters. The van der Waals surface area contributed by atoms with E-state index < -0.39 is 11.7 Å². The molecule has 0 amide bonds. The molecule has 2 heterocycles. The minimum atomic E-state index is -4.46. The van der Waals surface area contributed by atoms with E-state index in [1.807, 2.05) is 0 Å². The van der Waals surface area contributed by atoms with Gasteiger partial charge in [0, 0.05) is 29.5 Å². The Labute approximate surface area is 123 Å². The highest BCUT2D eigenvalue weighted by atomic mass is 19.4. The molecule has 22 heavy (non-hydrogen) atoms. The second kappa shape index (κ2) is 5.25. The van der Waals surface area contributed by atoms with E-state index in [4.69, 9.17) is 0 Å². The van der Waals surface area contributed by atoms with Gasteiger partial charge in [0.25, 0.3) is 0 Å². The quantitative estimate of drug-likeness (QED) is 0.697. The number of carbonyl (C=O) groups is 1. The summed E-state index contributed by atoms with van der Waals surface area (Å²) in [7, 11) is 0. The number of hydrogen-bond donors (Lipinski definition) is 0. The molecule has 0 N–H and O–H groups in total. The summed E-state index contributed by atoms with van der Waals surface area (Å²) in [5, 5.41) is 4.92. The molecule has 0 unspecified atom stereocenters. The average Bonchev–Trinajstić information content (AvgIpc) is 2.87. The second-order valence-corrected chi connectivity index (χ2v) is 4.79. The Hall–Kier alpha value is -2.70. The van der Waals surface area contributed by atoms with Crippen molar-refractivity contribution in [3.63, 3.8) is 0 Å². The Morgan fingerprint density at radius 1 is 1.23 bits per heavy atom. The molecule has 0 radical (unpaired) electrons. The van der Waals surface area contributed by atoms with Crippen LogP contribution in [0.5, 0.6) is 0 Å². The van der Waals surface area contributed by atoms with Gasteiger partial charge in [0.15, 0.2) is 0 Å². The normalized spacial score (nSPS) is 11.8. The minimum absolute atomic E-state index is 0.0253. The van der Waals surface area contributed by atoms with Gasteiger partial charge in [-0.25, -0.2) is 0 Å². The van der Waals surface area contributed by atoms with Gasteiger partial charge in [-0.3, -0.25) is 14.5 Å². The largest absolute Gasteiger partial charge is 0.418 e. The van der Waals surface area contributed by atoms with Gasteiger partial charge in [0.05, 0.1) is 17.6 Å². The van der Waals surface area contributed by atoms with Gasteiger partial charge in [-0.05, 0) is 29.8 Å². The van der Waals surface area contributed by atoms with Crippen molar-refractivity contribution in [2.75, 3.05) is 0 Å². The lowest BCUT2D eigenvalue weighted by Gasteiger charge is -2.11. The minimum Gasteiger partial charge on any atom is -0.298 e. The third-order valence-corrected chi connectivity index (χ3v) is 3.26. The summed E-state index contributed by atoms with van der Waals surface area (Å²) in [6.45, 7) is -0.0253. The van der Waals surface area contributed by atoms with Crippen molar-refractivity contribution >= 4 is 17.2 Å². The Bertz CT molecular complexity index is 839. The number of rotatable bonds is 3. The van der Waals surface area contributed by atoms with E-state index in [2.05, 4.69) is 10.1 Å². The van der Waals surface area contributed by atoms with Crippen molar-refractivity contribution < 1.29 is 18.0 Å². The first kappa shape index (κ1) is 14.2. The number of pyridine rings is 1. The number of nitrogens with zero attached hydrogens (tertiary/aromatic N) is 3. The number of benzene rings is 1. The van der Waals surface area contributed by atoms with E-state index in [9.17, 15) is 18.0 Å². The number of aromatic nitrogens is 3. The first-order valence-electron chi connectivity index (χ1n) is 6.40. The molecule has 0 bridgehead atoms. The van der Waals surface area contributed by atoms with Crippen LogP contribution in [-0.4, -0.2) is 21.1 Å². The molecule has 0 fully saturated rings. The number of fused-ring (bicyclic) bond motifs is 1. The summed E-state index contributed by atoms with van der Waals surface area (Å²) in [6, 6.07) is 6.24. The van der Waals surface area contributed by atoms with Gasteiger partial charge in [-0.1, -0.05) is 0 Å². The number of hydrogen-bond acceptors (Lipinski definition) is 3. The fourth-order valence-electron chi connectivity index (χ4n) is 2.24. The molecule has 3 aromatic rings. The summed E-state index contributed by atoms with van der Waals surface area (Å²) in [5.41, 5.74) is 0.425. The zero-order valence-corrected chi connectivity index (χ0v) is 11.2. The summed E-state index contributed by atoms with van der Waals surface area (Å²) in [6.07, 6.45) is -0.00744. The van der Waals surface area contributed by atoms with Crippen molar-refractivity contribution in [1.82, 2.24) is 14.8 Å². The number of halogens is 3. The first-order chi connectivity index (χ1) is 10.5. The fraction of sp³-hybridized carbons (Fsp3) is 0.133. The van der Waals surface area contributed by atoms with Crippen LogP contribution in [0.4, 0.5) is 13.2 Å². The number of carbonyl (C=O) groups excluding carboxylic acids is 1. The van der Waals surface area contributed by atoms with E-state index in [1.165, 1.54) is 16.9 Å². The van der Waals surface area contributed by atoms with E-state index in [1.54, 1.807) is 24.4 Å². The fourth-order valence-corrected chi connectivity index (χ4v) is 2.24. The van der Waals surface area contributed by atoms with Gasteiger partial charge in [-0.2, -0.15) is 18.3 Å². The Morgan fingerprint density at radius 3 is 2.77 bits per heavy atom. The highest BCUT2D eigenvalue weighted by Crippen LogP contribution is 2.31. The molecular weight excluding hydrogens is 295 g/mol. The van der Waals surface area contributed by atoms with E-state index in [0.717, 1.165) is 6.20 Å². The SMILES string of the molecule is O=Cc1ccc2nn(Cc3ccncc3C(F)(F)F)cc2c1. The van der Waals surface area contributed by atoms with Crippen LogP contribution < -0.4 is 0 Å². The zero-order chi connectivity index (χ0) is 15.7. The maximum atomic E-state index is 12.9. The smallest absolute Gasteiger partial charge is 0.298 e. The van der Waals surface area contributed by atoms with Crippen molar-refractivity contribution in [2.45, 2.75) is 12.7 Å². The van der Waals surface area contributed by atoms with Gasteiger partial charge in [0.2, 0.25) is 0 Å². The average molecular weight is 305 g/mol. The van der Waals surface area contributed by atoms with Crippen molar-refractivity contribution in [1.29, 1.82) is 0 Å². The highest BCUT2D eigenvalue weighted by Gasteiger charge is 2.33. The van der Waals surface area contributed by atoms with Crippen LogP contribution in [0, 0.1) is 0 Å². The molecule has 2 aromatic heterocycles. The highest BCUT2D eigenvalue weighted by molar-refractivity contribution is 5.86. The lowest BCUT2D eigenvalue weighted by Crippen LogP contribution is -2.12. The monoisotopic (exact) mass is 305 g/mol. The molecule has 0 spiro atoms. The summed E-state index contributed by atoms with van der Waals surface area (Å²) < 4.78 is 40.3. The molecule has 3 rings (SSSR count). The third kappa shape index (κ3) is 2.69. The molecular formula is C15H10F3N3O. The van der Waals surface area contributed by atoms with Crippen molar-refractivity contribution in [3.05, 3.63) is 59.5 Å². The molecule has 0 aliphatic heterocycles. The van der Waals surface area contributed by atoms with Crippen LogP contribution in [-0.2, 0) is 12.7 Å². The standard InChI is InChI=1S/C15H10F3N3O/c16-15(17,18)13-6-19-4-3-11(13)7-21-8-12-5-10(9-22)1-2-14(12)20-21/h1-6,8-9H,7H2. The first-order valence-corrected chi connectivity index (χ1v) is 6.40. The summed E-state index contributed by atoms with van der Waals surface area (Å²) in [5.74, 6) is 0. The molecule has 0 aliphatic rings. The number of alkyl halides is 3. The van der Waals surface area contributed by atoms with Crippen LogP contribution in [0.25, 0.3) is 10.9 Å². The van der Waals surface area contributed by atoms with Crippen LogP contribution in [0.15, 0.2) is 42.9 Å². The third-order valence-electron chi connectivity index (χ3n) is 3.26. The van der Waals surface area contributed by atoms with Crippen molar-refractivity contribution in [2.24, 2.45) is 0 Å². The van der Waals surface area contributed by atoms with Gasteiger partial charge >= 0.3 is 6.18 Å². The molecule has 4 nitrogen and oxygen atoms in total. The zero-order valence-electron chi connectivity index (χ0n) is 11.2. The van der Waals surface area contributed by atoms with Crippen LogP contribution in [0.2, 0.25) is 0 Å². The van der Waals surface area contributed by atoms with Crippen molar-refractivity contribution in [3.8, 4) is 0 Å². The predicted octanol–water partition coefficient (Wildman–Crippen LogP) is 3.31. The maximum Gasteiger partial charge on any atom is 0.418 e. The van der Waals surface area contributed by atoms with Gasteiger partial charge in [-0.15, -0.1) is 0 Å². The second-order valence-electron chi connectivity index (χ2n) is 4.79. The van der Waals surface area contributed by atoms with Crippen LogP contribution in [0.1, 0.15) is 21.5 Å². The summed E-state index contributed by atoms with van der Waals surface area (Å²) >= 11 is 0. The molecule has 0 saturated heterocycles. The van der Waals surface area contributed by atoms with E-state index in [0.29, 0.717) is 22.8 Å². The molecule has 7 heteroatoms. The van der Waals surface area contributed by atoms with Gasteiger partial charge < -0.3 is 0 Å². The molecule has 112 valence electrons. The topological polar surface area (TPSA) is 47.8 Å². The molecule has 0 aliphatic carbocycles. The maximum absolute atomic E-state index is 12.9. The Balaban J connectivity index is 1.99. The molecule has 1 aromatic carbocycles. The lowest BCUT2D eigenvalue weighted by atomic mass is 10.1. The lowest BCUT2D eigenvalue weighted by molar-refractivity contribution is -0.138. The predicted molar refractivity (Wildman–Crippen MR) is 73.5 cm³/mol. The van der Waals surface area contributed by atoms with Crippen LogP contribution >= 0.6 is 0 Å². The van der Waals surface area contributed by atoms with E-state index >= 15 is 0 Å². The number of aldehydes is 1. The van der Waals surface area contributed by atoms with E-state index in [-0.39, 0.29) is 12.1 Å².